The predicted molar refractivity (Wildman–Crippen MR) is 87.0 cm³/mol. The van der Waals surface area contributed by atoms with Crippen molar-refractivity contribution >= 4 is 36.6 Å². The number of nitrogens with zero attached hydrogens (tertiary/aromatic N) is 1. The fourth-order valence-corrected chi connectivity index (χ4v) is 5.11. The van der Waals surface area contributed by atoms with Gasteiger partial charge in [0.05, 0.1) is 8.07 Å². The van der Waals surface area contributed by atoms with E-state index in [1.807, 2.05) is 32.9 Å². The Balaban J connectivity index is 2.39. The van der Waals surface area contributed by atoms with E-state index in [-0.39, 0.29) is 6.09 Å². The SMILES string of the molecule is CC(C)(C)OC(=O)N1CC[Si](C)(C)c2ccc(Cl)cc21. The van der Waals surface area contributed by atoms with Gasteiger partial charge in [0.15, 0.2) is 0 Å². The zero-order chi connectivity index (χ0) is 15.1. The van der Waals surface area contributed by atoms with Gasteiger partial charge in [-0.1, -0.05) is 30.8 Å². The van der Waals surface area contributed by atoms with E-state index in [4.69, 9.17) is 16.3 Å². The maximum absolute atomic E-state index is 12.4. The molecule has 1 amide bonds. The fourth-order valence-electron chi connectivity index (χ4n) is 2.45. The van der Waals surface area contributed by atoms with Gasteiger partial charge in [-0.2, -0.15) is 0 Å². The number of carbonyl (C=O) groups excluding carboxylic acids is 1. The van der Waals surface area contributed by atoms with Crippen LogP contribution in [0.25, 0.3) is 0 Å². The summed E-state index contributed by atoms with van der Waals surface area (Å²) in [6.45, 7) is 11.0. The second kappa shape index (κ2) is 5.08. The van der Waals surface area contributed by atoms with E-state index in [0.717, 1.165) is 11.7 Å². The number of hydrogen-bond acceptors (Lipinski definition) is 2. The minimum atomic E-state index is -1.49. The summed E-state index contributed by atoms with van der Waals surface area (Å²) < 4.78 is 5.50. The van der Waals surface area contributed by atoms with Crippen LogP contribution in [-0.2, 0) is 4.74 Å². The summed E-state index contributed by atoms with van der Waals surface area (Å²) in [5, 5.41) is 1.93. The number of benzene rings is 1. The molecule has 0 aromatic heterocycles. The Morgan fingerprint density at radius 3 is 2.60 bits per heavy atom. The molecule has 1 aromatic rings. The van der Waals surface area contributed by atoms with Crippen LogP contribution < -0.4 is 10.1 Å². The van der Waals surface area contributed by atoms with Crippen molar-refractivity contribution in [3.8, 4) is 0 Å². The second-order valence-corrected chi connectivity index (χ2v) is 12.2. The van der Waals surface area contributed by atoms with Crippen LogP contribution in [0, 0.1) is 0 Å². The minimum absolute atomic E-state index is 0.287. The number of rotatable bonds is 0. The molecule has 0 radical (unpaired) electrons. The highest BCUT2D eigenvalue weighted by atomic mass is 35.5. The molecule has 0 N–H and O–H groups in total. The number of carbonyl (C=O) groups is 1. The molecule has 0 bridgehead atoms. The summed E-state index contributed by atoms with van der Waals surface area (Å²) in [6, 6.07) is 6.91. The Bertz CT molecular complexity index is 537. The van der Waals surface area contributed by atoms with Crippen molar-refractivity contribution in [2.45, 2.75) is 45.5 Å². The van der Waals surface area contributed by atoms with Crippen molar-refractivity contribution in [2.75, 3.05) is 11.4 Å². The molecule has 0 aliphatic carbocycles. The molecule has 0 atom stereocenters. The maximum Gasteiger partial charge on any atom is 0.414 e. The predicted octanol–water partition coefficient (Wildman–Crippen LogP) is 4.01. The third-order valence-electron chi connectivity index (χ3n) is 3.55. The molecule has 5 heteroatoms. The molecule has 1 aliphatic heterocycles. The van der Waals surface area contributed by atoms with Gasteiger partial charge in [0.2, 0.25) is 0 Å². The molecule has 1 aliphatic rings. The van der Waals surface area contributed by atoms with Crippen molar-refractivity contribution in [3.05, 3.63) is 23.2 Å². The molecule has 0 unspecified atom stereocenters. The third-order valence-corrected chi connectivity index (χ3v) is 7.14. The molecular formula is C15H22ClNO2Si. The van der Waals surface area contributed by atoms with Gasteiger partial charge in [-0.3, -0.25) is 4.90 Å². The fraction of sp³-hybridized carbons (Fsp3) is 0.533. The van der Waals surface area contributed by atoms with E-state index in [2.05, 4.69) is 19.2 Å². The van der Waals surface area contributed by atoms with Crippen LogP contribution in [0.2, 0.25) is 24.2 Å². The van der Waals surface area contributed by atoms with E-state index < -0.39 is 13.7 Å². The Kier molecular flexibility index (Phi) is 3.91. The average Bonchev–Trinajstić information content (AvgIpc) is 2.25. The Morgan fingerprint density at radius 1 is 1.35 bits per heavy atom. The molecule has 2 rings (SSSR count). The Labute approximate surface area is 126 Å². The lowest BCUT2D eigenvalue weighted by Crippen LogP contribution is -2.54. The first-order valence-corrected chi connectivity index (χ1v) is 10.5. The van der Waals surface area contributed by atoms with Crippen LogP contribution in [-0.4, -0.2) is 26.3 Å². The van der Waals surface area contributed by atoms with Gasteiger partial charge in [0.1, 0.15) is 5.60 Å². The van der Waals surface area contributed by atoms with Crippen molar-refractivity contribution in [3.63, 3.8) is 0 Å². The highest BCUT2D eigenvalue weighted by Crippen LogP contribution is 2.29. The van der Waals surface area contributed by atoms with E-state index in [0.29, 0.717) is 11.6 Å². The van der Waals surface area contributed by atoms with Gasteiger partial charge in [0, 0.05) is 17.3 Å². The summed E-state index contributed by atoms with van der Waals surface area (Å²) in [5.41, 5.74) is 0.440. The number of ether oxygens (including phenoxy) is 1. The van der Waals surface area contributed by atoms with Gasteiger partial charge in [-0.25, -0.2) is 4.79 Å². The molecule has 1 aromatic carbocycles. The van der Waals surface area contributed by atoms with Crippen molar-refractivity contribution < 1.29 is 9.53 Å². The summed E-state index contributed by atoms with van der Waals surface area (Å²) in [7, 11) is -1.49. The first-order valence-electron chi connectivity index (χ1n) is 6.91. The lowest BCUT2D eigenvalue weighted by atomic mass is 10.2. The van der Waals surface area contributed by atoms with Crippen LogP contribution in [0.5, 0.6) is 0 Å². The Morgan fingerprint density at radius 2 is 2.00 bits per heavy atom. The second-order valence-electron chi connectivity index (χ2n) is 6.93. The number of amides is 1. The van der Waals surface area contributed by atoms with E-state index in [9.17, 15) is 4.79 Å². The standard InChI is InChI=1S/C15H22ClNO2Si/c1-15(2,3)19-14(18)17-8-9-20(4,5)13-7-6-11(16)10-12(13)17/h6-7,10H,8-9H2,1-5H3. The summed E-state index contributed by atoms with van der Waals surface area (Å²) in [4.78, 5) is 14.1. The monoisotopic (exact) mass is 311 g/mol. The van der Waals surface area contributed by atoms with Gasteiger partial charge in [-0.05, 0) is 44.1 Å². The molecule has 0 saturated heterocycles. The van der Waals surface area contributed by atoms with E-state index in [1.165, 1.54) is 5.19 Å². The van der Waals surface area contributed by atoms with E-state index >= 15 is 0 Å². The summed E-state index contributed by atoms with van der Waals surface area (Å²) in [5.74, 6) is 0. The largest absolute Gasteiger partial charge is 0.443 e. The number of fused-ring (bicyclic) bond motifs is 1. The quantitative estimate of drug-likeness (QED) is 0.677. The average molecular weight is 312 g/mol. The molecule has 20 heavy (non-hydrogen) atoms. The molecular weight excluding hydrogens is 290 g/mol. The minimum Gasteiger partial charge on any atom is -0.443 e. The molecule has 3 nitrogen and oxygen atoms in total. The molecule has 110 valence electrons. The van der Waals surface area contributed by atoms with Gasteiger partial charge < -0.3 is 4.74 Å². The lowest BCUT2D eigenvalue weighted by Gasteiger charge is -2.38. The lowest BCUT2D eigenvalue weighted by molar-refractivity contribution is 0.0582. The molecule has 0 saturated carbocycles. The zero-order valence-corrected chi connectivity index (χ0v) is 14.5. The topological polar surface area (TPSA) is 29.5 Å². The highest BCUT2D eigenvalue weighted by Gasteiger charge is 2.36. The Hall–Kier alpha value is -1.00. The third kappa shape index (κ3) is 3.18. The first-order chi connectivity index (χ1) is 9.10. The number of anilines is 1. The van der Waals surface area contributed by atoms with Crippen molar-refractivity contribution in [2.24, 2.45) is 0 Å². The van der Waals surface area contributed by atoms with Crippen LogP contribution in [0.3, 0.4) is 0 Å². The normalized spacial score (nSPS) is 17.6. The zero-order valence-electron chi connectivity index (χ0n) is 12.8. The summed E-state index contributed by atoms with van der Waals surface area (Å²) in [6.07, 6.45) is -0.287. The van der Waals surface area contributed by atoms with Gasteiger partial charge >= 0.3 is 6.09 Å². The van der Waals surface area contributed by atoms with Crippen molar-refractivity contribution in [1.29, 1.82) is 0 Å². The van der Waals surface area contributed by atoms with E-state index in [1.54, 1.807) is 4.90 Å². The van der Waals surface area contributed by atoms with Gasteiger partial charge in [-0.15, -0.1) is 0 Å². The molecule has 0 fully saturated rings. The smallest absolute Gasteiger partial charge is 0.414 e. The maximum atomic E-state index is 12.4. The molecule has 1 heterocycles. The van der Waals surface area contributed by atoms with Crippen LogP contribution in [0.15, 0.2) is 18.2 Å². The van der Waals surface area contributed by atoms with Crippen LogP contribution >= 0.6 is 11.6 Å². The van der Waals surface area contributed by atoms with Crippen molar-refractivity contribution in [1.82, 2.24) is 0 Å². The van der Waals surface area contributed by atoms with Crippen LogP contribution in [0.1, 0.15) is 20.8 Å². The highest BCUT2D eigenvalue weighted by molar-refractivity contribution is 6.91. The molecule has 0 spiro atoms. The first kappa shape index (κ1) is 15.4. The summed E-state index contributed by atoms with van der Waals surface area (Å²) >= 11 is 6.11. The van der Waals surface area contributed by atoms with Crippen LogP contribution in [0.4, 0.5) is 10.5 Å². The number of halogens is 1. The number of hydrogen-bond donors (Lipinski definition) is 0. The van der Waals surface area contributed by atoms with Gasteiger partial charge in [0.25, 0.3) is 0 Å².